The van der Waals surface area contributed by atoms with Crippen molar-refractivity contribution in [1.82, 2.24) is 15.1 Å². The first-order valence-corrected chi connectivity index (χ1v) is 6.97. The smallest absolute Gasteiger partial charge is 0.148 e. The molecule has 6 heteroatoms. The quantitative estimate of drug-likeness (QED) is 0.702. The molecule has 1 heterocycles. The van der Waals surface area contributed by atoms with Crippen LogP contribution in [-0.4, -0.2) is 36.8 Å². The van der Waals surface area contributed by atoms with Crippen molar-refractivity contribution in [1.29, 1.82) is 0 Å². The predicted octanol–water partition coefficient (Wildman–Crippen LogP) is 0.0372. The molecule has 5 nitrogen and oxygen atoms in total. The Balaban J connectivity index is 2.26. The Morgan fingerprint density at radius 3 is 2.80 bits per heavy atom. The lowest BCUT2D eigenvalue weighted by Crippen LogP contribution is -2.21. The molecule has 0 radical (unpaired) electrons. The van der Waals surface area contributed by atoms with E-state index < -0.39 is 9.84 Å². The summed E-state index contributed by atoms with van der Waals surface area (Å²) in [5.41, 5.74) is 1.07. The van der Waals surface area contributed by atoms with Crippen LogP contribution in [-0.2, 0) is 22.9 Å². The van der Waals surface area contributed by atoms with Crippen molar-refractivity contribution in [3.63, 3.8) is 0 Å². The molecule has 0 aliphatic rings. The molecule has 1 rings (SSSR count). The fourth-order valence-corrected chi connectivity index (χ4v) is 1.68. The summed E-state index contributed by atoms with van der Waals surface area (Å²) in [5.74, 6) is 0.176. The number of sulfone groups is 1. The van der Waals surface area contributed by atoms with Gasteiger partial charge in [-0.25, -0.2) is 8.42 Å². The van der Waals surface area contributed by atoms with Crippen molar-refractivity contribution in [2.45, 2.75) is 20.0 Å². The second-order valence-corrected chi connectivity index (χ2v) is 5.77. The van der Waals surface area contributed by atoms with Gasteiger partial charge in [-0.3, -0.25) is 4.68 Å². The summed E-state index contributed by atoms with van der Waals surface area (Å²) in [6.45, 7) is 4.02. The maximum absolute atomic E-state index is 10.8. The van der Waals surface area contributed by atoms with E-state index in [0.717, 1.165) is 12.1 Å². The van der Waals surface area contributed by atoms with Gasteiger partial charge in [-0.05, 0) is 6.92 Å². The van der Waals surface area contributed by atoms with E-state index in [1.54, 1.807) is 6.20 Å². The van der Waals surface area contributed by atoms with Crippen LogP contribution in [0.1, 0.15) is 12.5 Å². The lowest BCUT2D eigenvalue weighted by molar-refractivity contribution is 0.596. The average Bonchev–Trinajstić information content (AvgIpc) is 2.59. The molecular formula is C9H17N3O2S. The summed E-state index contributed by atoms with van der Waals surface area (Å²) in [4.78, 5) is 0. The molecule has 86 valence electrons. The van der Waals surface area contributed by atoms with E-state index >= 15 is 0 Å². The van der Waals surface area contributed by atoms with Crippen molar-refractivity contribution >= 4 is 9.84 Å². The molecule has 1 N–H and O–H groups in total. The van der Waals surface area contributed by atoms with Crippen molar-refractivity contribution in [3.8, 4) is 0 Å². The van der Waals surface area contributed by atoms with Gasteiger partial charge in [0.1, 0.15) is 9.84 Å². The highest BCUT2D eigenvalue weighted by Gasteiger charge is 2.01. The number of aromatic nitrogens is 2. The fraction of sp³-hybridized carbons (Fsp3) is 0.667. The maximum Gasteiger partial charge on any atom is 0.148 e. The monoisotopic (exact) mass is 231 g/mol. The maximum atomic E-state index is 10.8. The van der Waals surface area contributed by atoms with E-state index in [-0.39, 0.29) is 5.75 Å². The highest BCUT2D eigenvalue weighted by Crippen LogP contribution is 1.96. The summed E-state index contributed by atoms with van der Waals surface area (Å²) < 4.78 is 23.5. The molecule has 0 bridgehead atoms. The van der Waals surface area contributed by atoms with Crippen LogP contribution in [0.2, 0.25) is 0 Å². The van der Waals surface area contributed by atoms with Crippen LogP contribution in [0.5, 0.6) is 0 Å². The van der Waals surface area contributed by atoms with Crippen LogP contribution in [0.3, 0.4) is 0 Å². The lowest BCUT2D eigenvalue weighted by atomic mass is 10.3. The Morgan fingerprint density at radius 2 is 2.27 bits per heavy atom. The van der Waals surface area contributed by atoms with E-state index in [1.807, 2.05) is 17.8 Å². The Kier molecular flexibility index (Phi) is 4.28. The number of hydrogen-bond donors (Lipinski definition) is 1. The molecule has 1 aromatic heterocycles. The second-order valence-electron chi connectivity index (χ2n) is 3.51. The van der Waals surface area contributed by atoms with Crippen molar-refractivity contribution < 1.29 is 8.42 Å². The van der Waals surface area contributed by atoms with Gasteiger partial charge in [0.05, 0.1) is 11.9 Å². The molecule has 0 amide bonds. The first kappa shape index (κ1) is 12.2. The summed E-state index contributed by atoms with van der Waals surface area (Å²) in [5, 5.41) is 7.18. The summed E-state index contributed by atoms with van der Waals surface area (Å²) in [7, 11) is -2.86. The van der Waals surface area contributed by atoms with Crippen molar-refractivity contribution in [2.75, 3.05) is 18.6 Å². The zero-order chi connectivity index (χ0) is 11.3. The van der Waals surface area contributed by atoms with Crippen LogP contribution in [0.15, 0.2) is 12.4 Å². The van der Waals surface area contributed by atoms with Crippen molar-refractivity contribution in [3.05, 3.63) is 18.0 Å². The topological polar surface area (TPSA) is 64.0 Å². The second kappa shape index (κ2) is 5.27. The van der Waals surface area contributed by atoms with Gasteiger partial charge in [0.15, 0.2) is 0 Å². The minimum Gasteiger partial charge on any atom is -0.312 e. The summed E-state index contributed by atoms with van der Waals surface area (Å²) >= 11 is 0. The van der Waals surface area contributed by atoms with Crippen LogP contribution in [0.25, 0.3) is 0 Å². The molecule has 0 saturated carbocycles. The van der Waals surface area contributed by atoms with E-state index in [2.05, 4.69) is 10.4 Å². The SMILES string of the molecule is CCn1cc(CNCCS(C)(=O)=O)cn1. The molecule has 15 heavy (non-hydrogen) atoms. The Labute approximate surface area is 90.4 Å². The van der Waals surface area contributed by atoms with Gasteiger partial charge in [-0.15, -0.1) is 0 Å². The zero-order valence-corrected chi connectivity index (χ0v) is 9.92. The number of hydrogen-bond acceptors (Lipinski definition) is 4. The minimum absolute atomic E-state index is 0.176. The number of nitrogens with zero attached hydrogens (tertiary/aromatic N) is 2. The highest BCUT2D eigenvalue weighted by atomic mass is 32.2. The van der Waals surface area contributed by atoms with E-state index in [9.17, 15) is 8.42 Å². The third-order valence-corrected chi connectivity index (χ3v) is 2.94. The molecule has 0 aliphatic heterocycles. The molecular weight excluding hydrogens is 214 g/mol. The third kappa shape index (κ3) is 4.94. The predicted molar refractivity (Wildman–Crippen MR) is 59.3 cm³/mol. The minimum atomic E-state index is -2.86. The summed E-state index contributed by atoms with van der Waals surface area (Å²) in [6, 6.07) is 0. The van der Waals surface area contributed by atoms with Gasteiger partial charge in [0, 0.05) is 37.7 Å². The molecule has 0 unspecified atom stereocenters. The van der Waals surface area contributed by atoms with E-state index in [4.69, 9.17) is 0 Å². The number of rotatable bonds is 6. The molecule has 0 aliphatic carbocycles. The largest absolute Gasteiger partial charge is 0.312 e. The normalized spacial score (nSPS) is 11.9. The fourth-order valence-electron chi connectivity index (χ4n) is 1.16. The molecule has 0 spiro atoms. The van der Waals surface area contributed by atoms with Gasteiger partial charge in [-0.1, -0.05) is 0 Å². The van der Waals surface area contributed by atoms with Crippen molar-refractivity contribution in [2.24, 2.45) is 0 Å². The molecule has 0 saturated heterocycles. The Bertz CT molecular complexity index is 397. The third-order valence-electron chi connectivity index (χ3n) is 1.99. The van der Waals surface area contributed by atoms with Crippen LogP contribution in [0, 0.1) is 0 Å². The first-order valence-electron chi connectivity index (χ1n) is 4.91. The Hall–Kier alpha value is -0.880. The number of aryl methyl sites for hydroxylation is 1. The van der Waals surface area contributed by atoms with E-state index in [1.165, 1.54) is 6.26 Å². The zero-order valence-electron chi connectivity index (χ0n) is 9.10. The number of nitrogens with one attached hydrogen (secondary N) is 1. The van der Waals surface area contributed by atoms with Gasteiger partial charge in [-0.2, -0.15) is 5.10 Å². The Morgan fingerprint density at radius 1 is 1.53 bits per heavy atom. The first-order chi connectivity index (χ1) is 7.01. The highest BCUT2D eigenvalue weighted by molar-refractivity contribution is 7.90. The van der Waals surface area contributed by atoms with Crippen LogP contribution in [0.4, 0.5) is 0 Å². The van der Waals surface area contributed by atoms with E-state index in [0.29, 0.717) is 13.1 Å². The lowest BCUT2D eigenvalue weighted by Gasteiger charge is -2.01. The molecule has 0 aromatic carbocycles. The van der Waals surface area contributed by atoms with Crippen LogP contribution >= 0.6 is 0 Å². The molecule has 0 atom stereocenters. The van der Waals surface area contributed by atoms with Gasteiger partial charge < -0.3 is 5.32 Å². The molecule has 0 fully saturated rings. The standard InChI is InChI=1S/C9H17N3O2S/c1-3-12-8-9(7-11-12)6-10-4-5-15(2,13)14/h7-8,10H,3-6H2,1-2H3. The van der Waals surface area contributed by atoms with Gasteiger partial charge in [0.25, 0.3) is 0 Å². The summed E-state index contributed by atoms with van der Waals surface area (Å²) in [6.07, 6.45) is 4.98. The molecule has 1 aromatic rings. The van der Waals surface area contributed by atoms with Gasteiger partial charge in [0.2, 0.25) is 0 Å². The average molecular weight is 231 g/mol. The van der Waals surface area contributed by atoms with Gasteiger partial charge >= 0.3 is 0 Å². The van der Waals surface area contributed by atoms with Crippen LogP contribution < -0.4 is 5.32 Å².